The molecule has 1 amide bonds. The van der Waals surface area contributed by atoms with Crippen LogP contribution in [0, 0.1) is 11.7 Å². The molecule has 0 fully saturated rings. The van der Waals surface area contributed by atoms with Crippen molar-refractivity contribution in [3.05, 3.63) is 65.5 Å². The number of ether oxygens (including phenoxy) is 2. The number of hydrogen-bond acceptors (Lipinski definition) is 5. The van der Waals surface area contributed by atoms with Gasteiger partial charge in [-0.1, -0.05) is 19.9 Å². The van der Waals surface area contributed by atoms with Crippen LogP contribution < -0.4 is 10.1 Å². The third-order valence-electron chi connectivity index (χ3n) is 3.93. The zero-order valence-electron chi connectivity index (χ0n) is 16.4. The van der Waals surface area contributed by atoms with Gasteiger partial charge in [-0.2, -0.15) is 0 Å². The molecule has 0 unspecified atom stereocenters. The third kappa shape index (κ3) is 6.57. The summed E-state index contributed by atoms with van der Waals surface area (Å²) in [6, 6.07) is 10.5. The highest BCUT2D eigenvalue weighted by molar-refractivity contribution is 5.99. The van der Waals surface area contributed by atoms with Gasteiger partial charge in [0.2, 0.25) is 5.91 Å². The Hall–Kier alpha value is -3.48. The van der Waals surface area contributed by atoms with E-state index in [1.54, 1.807) is 44.2 Å². The van der Waals surface area contributed by atoms with Gasteiger partial charge in [-0.15, -0.1) is 0 Å². The topological polar surface area (TPSA) is 81.7 Å². The van der Waals surface area contributed by atoms with E-state index in [2.05, 4.69) is 5.32 Å². The van der Waals surface area contributed by atoms with Gasteiger partial charge >= 0.3 is 5.97 Å². The molecule has 0 aliphatic carbocycles. The SMILES string of the molecule is COc1ccc(/C=C/C(=O)OCC(=O)c2ccc(NC(=O)C(C)C)cc2)cc1F. The lowest BCUT2D eigenvalue weighted by molar-refractivity contribution is -0.136. The van der Waals surface area contributed by atoms with Crippen molar-refractivity contribution in [2.75, 3.05) is 19.0 Å². The summed E-state index contributed by atoms with van der Waals surface area (Å²) < 4.78 is 23.3. The second-order valence-corrected chi connectivity index (χ2v) is 6.48. The number of rotatable bonds is 8. The Bertz CT molecular complexity index is 919. The second kappa shape index (κ2) is 10.2. The van der Waals surface area contributed by atoms with Gasteiger partial charge in [0.25, 0.3) is 0 Å². The Balaban J connectivity index is 1.87. The minimum Gasteiger partial charge on any atom is -0.494 e. The first-order valence-electron chi connectivity index (χ1n) is 8.92. The third-order valence-corrected chi connectivity index (χ3v) is 3.93. The van der Waals surface area contributed by atoms with Crippen LogP contribution in [0.5, 0.6) is 5.75 Å². The molecular weight excluding hydrogens is 377 g/mol. The molecule has 2 rings (SSSR count). The van der Waals surface area contributed by atoms with Crippen molar-refractivity contribution in [2.24, 2.45) is 5.92 Å². The summed E-state index contributed by atoms with van der Waals surface area (Å²) in [5.41, 5.74) is 1.37. The summed E-state index contributed by atoms with van der Waals surface area (Å²) in [6.07, 6.45) is 2.49. The number of amides is 1. The minimum absolute atomic E-state index is 0.102. The van der Waals surface area contributed by atoms with Crippen LogP contribution in [0.2, 0.25) is 0 Å². The van der Waals surface area contributed by atoms with Gasteiger partial charge in [-0.3, -0.25) is 9.59 Å². The number of Topliss-reactive ketones (excluding diaryl/α,β-unsaturated/α-hetero) is 1. The van der Waals surface area contributed by atoms with Gasteiger partial charge in [-0.25, -0.2) is 9.18 Å². The zero-order chi connectivity index (χ0) is 21.4. The Labute approximate surface area is 168 Å². The van der Waals surface area contributed by atoms with Crippen LogP contribution in [0.3, 0.4) is 0 Å². The fraction of sp³-hybridized carbons (Fsp3) is 0.227. The molecule has 0 spiro atoms. The van der Waals surface area contributed by atoms with Crippen LogP contribution >= 0.6 is 0 Å². The lowest BCUT2D eigenvalue weighted by Crippen LogP contribution is -2.18. The number of ketones is 1. The smallest absolute Gasteiger partial charge is 0.331 e. The number of nitrogens with one attached hydrogen (secondary N) is 1. The van der Waals surface area contributed by atoms with Crippen molar-refractivity contribution < 1.29 is 28.2 Å². The first-order valence-corrected chi connectivity index (χ1v) is 8.92. The lowest BCUT2D eigenvalue weighted by Gasteiger charge is -2.08. The van der Waals surface area contributed by atoms with Gasteiger partial charge < -0.3 is 14.8 Å². The summed E-state index contributed by atoms with van der Waals surface area (Å²) in [5, 5.41) is 2.72. The summed E-state index contributed by atoms with van der Waals surface area (Å²) >= 11 is 0. The van der Waals surface area contributed by atoms with Crippen molar-refractivity contribution in [2.45, 2.75) is 13.8 Å². The van der Waals surface area contributed by atoms with E-state index in [1.165, 1.54) is 25.3 Å². The summed E-state index contributed by atoms with van der Waals surface area (Å²) in [7, 11) is 1.36. The Kier molecular flexibility index (Phi) is 7.65. The minimum atomic E-state index is -0.726. The molecule has 0 saturated carbocycles. The standard InChI is InChI=1S/C22H22FNO5/c1-14(2)22(27)24-17-8-6-16(7-9-17)19(25)13-29-21(26)11-5-15-4-10-20(28-3)18(23)12-15/h4-12,14H,13H2,1-3H3,(H,24,27)/b11-5+. The summed E-state index contributed by atoms with van der Waals surface area (Å²) in [5.74, 6) is -1.84. The van der Waals surface area contributed by atoms with E-state index < -0.39 is 18.4 Å². The normalized spacial score (nSPS) is 10.8. The highest BCUT2D eigenvalue weighted by Crippen LogP contribution is 2.18. The van der Waals surface area contributed by atoms with Gasteiger partial charge in [-0.05, 0) is 48.0 Å². The predicted octanol–water partition coefficient (Wildman–Crippen LogP) is 3.87. The largest absolute Gasteiger partial charge is 0.494 e. The monoisotopic (exact) mass is 399 g/mol. The van der Waals surface area contributed by atoms with Crippen molar-refractivity contribution in [1.82, 2.24) is 0 Å². The van der Waals surface area contributed by atoms with Gasteiger partial charge in [0, 0.05) is 23.2 Å². The number of methoxy groups -OCH3 is 1. The van der Waals surface area contributed by atoms with Gasteiger partial charge in [0.1, 0.15) is 0 Å². The molecule has 1 N–H and O–H groups in total. The van der Waals surface area contributed by atoms with Crippen LogP contribution in [0.4, 0.5) is 10.1 Å². The van der Waals surface area contributed by atoms with Crippen LogP contribution in [-0.2, 0) is 14.3 Å². The maximum atomic E-state index is 13.6. The maximum Gasteiger partial charge on any atom is 0.331 e. The molecule has 0 aliphatic heterocycles. The molecule has 0 radical (unpaired) electrons. The predicted molar refractivity (Wildman–Crippen MR) is 107 cm³/mol. The van der Waals surface area contributed by atoms with Crippen LogP contribution in [0.15, 0.2) is 48.5 Å². The van der Waals surface area contributed by atoms with Crippen molar-refractivity contribution >= 4 is 29.4 Å². The molecule has 2 aromatic rings. The number of hydrogen-bond donors (Lipinski definition) is 1. The highest BCUT2D eigenvalue weighted by atomic mass is 19.1. The Morgan fingerprint density at radius 2 is 1.79 bits per heavy atom. The van der Waals surface area contributed by atoms with Gasteiger partial charge in [0.05, 0.1) is 7.11 Å². The van der Waals surface area contributed by atoms with Crippen LogP contribution in [0.25, 0.3) is 6.08 Å². The van der Waals surface area contributed by atoms with E-state index in [9.17, 15) is 18.8 Å². The molecule has 0 aliphatic rings. The molecule has 0 saturated heterocycles. The molecule has 29 heavy (non-hydrogen) atoms. The van der Waals surface area contributed by atoms with E-state index in [1.807, 2.05) is 0 Å². The number of anilines is 1. The quantitative estimate of drug-likeness (QED) is 0.414. The molecule has 6 nitrogen and oxygen atoms in total. The summed E-state index contributed by atoms with van der Waals surface area (Å²) in [6.45, 7) is 3.13. The van der Waals surface area contributed by atoms with Crippen molar-refractivity contribution in [3.8, 4) is 5.75 Å². The molecule has 152 valence electrons. The molecule has 0 bridgehead atoms. The Morgan fingerprint density at radius 1 is 1.10 bits per heavy atom. The number of esters is 1. The lowest BCUT2D eigenvalue weighted by atomic mass is 10.1. The summed E-state index contributed by atoms with van der Waals surface area (Å²) in [4.78, 5) is 35.6. The first-order chi connectivity index (χ1) is 13.8. The molecule has 0 atom stereocenters. The van der Waals surface area contributed by atoms with E-state index in [0.29, 0.717) is 16.8 Å². The average Bonchev–Trinajstić information content (AvgIpc) is 2.71. The van der Waals surface area contributed by atoms with Gasteiger partial charge in [0.15, 0.2) is 24.0 Å². The zero-order valence-corrected chi connectivity index (χ0v) is 16.4. The molecular formula is C22H22FNO5. The second-order valence-electron chi connectivity index (χ2n) is 6.48. The number of carbonyl (C=O) groups excluding carboxylic acids is 3. The number of benzene rings is 2. The fourth-order valence-electron chi connectivity index (χ4n) is 2.24. The van der Waals surface area contributed by atoms with E-state index in [4.69, 9.17) is 9.47 Å². The van der Waals surface area contributed by atoms with E-state index in [0.717, 1.165) is 6.08 Å². The van der Waals surface area contributed by atoms with Crippen LogP contribution in [0.1, 0.15) is 29.8 Å². The highest BCUT2D eigenvalue weighted by Gasteiger charge is 2.11. The van der Waals surface area contributed by atoms with Crippen molar-refractivity contribution in [1.29, 1.82) is 0 Å². The molecule has 0 heterocycles. The first kappa shape index (κ1) is 21.8. The number of carbonyl (C=O) groups is 3. The van der Waals surface area contributed by atoms with E-state index >= 15 is 0 Å². The van der Waals surface area contributed by atoms with Crippen LogP contribution in [-0.4, -0.2) is 31.4 Å². The van der Waals surface area contributed by atoms with Crippen molar-refractivity contribution in [3.63, 3.8) is 0 Å². The Morgan fingerprint density at radius 3 is 2.38 bits per heavy atom. The number of halogens is 1. The molecule has 7 heteroatoms. The maximum absolute atomic E-state index is 13.6. The van der Waals surface area contributed by atoms with E-state index in [-0.39, 0.29) is 23.4 Å². The average molecular weight is 399 g/mol. The molecule has 2 aromatic carbocycles. The molecule has 0 aromatic heterocycles. The fourth-order valence-corrected chi connectivity index (χ4v) is 2.24.